The van der Waals surface area contributed by atoms with Gasteiger partial charge >= 0.3 is 6.03 Å². The van der Waals surface area contributed by atoms with Crippen LogP contribution >= 0.6 is 0 Å². The average molecular weight is 274 g/mol. The second-order valence-electron chi connectivity index (χ2n) is 4.70. The van der Waals surface area contributed by atoms with Gasteiger partial charge in [0.1, 0.15) is 0 Å². The Balaban J connectivity index is 2.36. The van der Waals surface area contributed by atoms with Gasteiger partial charge in [-0.2, -0.15) is 5.26 Å². The Morgan fingerprint density at radius 1 is 1.35 bits per heavy atom. The first-order valence-electron chi connectivity index (χ1n) is 6.33. The summed E-state index contributed by atoms with van der Waals surface area (Å²) in [7, 11) is 0. The van der Waals surface area contributed by atoms with Gasteiger partial charge in [-0.1, -0.05) is 19.9 Å². The van der Waals surface area contributed by atoms with Gasteiger partial charge in [-0.3, -0.25) is 10.1 Å². The average Bonchev–Trinajstić information content (AvgIpc) is 2.43. The molecule has 1 aromatic rings. The molecule has 0 fully saturated rings. The van der Waals surface area contributed by atoms with Crippen LogP contribution in [0.5, 0.6) is 0 Å². The van der Waals surface area contributed by atoms with E-state index >= 15 is 0 Å². The third-order valence-electron chi connectivity index (χ3n) is 2.37. The van der Waals surface area contributed by atoms with Crippen LogP contribution in [0.4, 0.5) is 10.5 Å². The molecule has 3 amide bonds. The van der Waals surface area contributed by atoms with Crippen molar-refractivity contribution in [1.82, 2.24) is 10.6 Å². The number of imide groups is 1. The number of rotatable bonds is 5. The second kappa shape index (κ2) is 7.79. The summed E-state index contributed by atoms with van der Waals surface area (Å²) in [6.07, 6.45) is 0. The minimum atomic E-state index is -0.503. The molecular formula is C14H18N4O2. The largest absolute Gasteiger partial charge is 0.376 e. The molecule has 0 radical (unpaired) electrons. The van der Waals surface area contributed by atoms with E-state index in [0.717, 1.165) is 0 Å². The molecule has 1 rings (SSSR count). The molecular weight excluding hydrogens is 256 g/mol. The fourth-order valence-electron chi connectivity index (χ4n) is 1.39. The van der Waals surface area contributed by atoms with Crippen LogP contribution in [0.3, 0.4) is 0 Å². The summed E-state index contributed by atoms with van der Waals surface area (Å²) in [6, 6.07) is 8.27. The molecule has 0 aliphatic heterocycles. The zero-order valence-electron chi connectivity index (χ0n) is 11.6. The highest BCUT2D eigenvalue weighted by Gasteiger charge is 2.07. The maximum Gasteiger partial charge on any atom is 0.321 e. The van der Waals surface area contributed by atoms with Crippen LogP contribution in [0.1, 0.15) is 19.4 Å². The summed E-state index contributed by atoms with van der Waals surface area (Å²) in [5.41, 5.74) is 1.16. The molecule has 0 aliphatic carbocycles. The third-order valence-corrected chi connectivity index (χ3v) is 2.37. The van der Waals surface area contributed by atoms with Crippen LogP contribution in [0.15, 0.2) is 24.3 Å². The Bertz CT molecular complexity index is 520. The Labute approximate surface area is 118 Å². The molecule has 0 heterocycles. The minimum absolute atomic E-state index is 0.0377. The molecule has 1 aromatic carbocycles. The van der Waals surface area contributed by atoms with E-state index in [1.54, 1.807) is 24.3 Å². The number of nitrogens with zero attached hydrogens (tertiary/aromatic N) is 1. The predicted octanol–water partition coefficient (Wildman–Crippen LogP) is 1.45. The second-order valence-corrected chi connectivity index (χ2v) is 4.70. The summed E-state index contributed by atoms with van der Waals surface area (Å²) in [4.78, 5) is 22.9. The van der Waals surface area contributed by atoms with Crippen LogP contribution in [0.2, 0.25) is 0 Å². The Morgan fingerprint density at radius 3 is 2.75 bits per heavy atom. The zero-order chi connectivity index (χ0) is 15.0. The number of amides is 3. The van der Waals surface area contributed by atoms with Gasteiger partial charge in [-0.05, 0) is 24.1 Å². The normalized spacial score (nSPS) is 9.70. The quantitative estimate of drug-likeness (QED) is 0.757. The zero-order valence-corrected chi connectivity index (χ0v) is 11.6. The molecule has 0 saturated carbocycles. The molecule has 6 nitrogen and oxygen atoms in total. The number of benzene rings is 1. The number of urea groups is 1. The van der Waals surface area contributed by atoms with E-state index in [0.29, 0.717) is 23.7 Å². The van der Waals surface area contributed by atoms with Crippen LogP contribution < -0.4 is 16.0 Å². The van der Waals surface area contributed by atoms with Crippen molar-refractivity contribution in [2.45, 2.75) is 13.8 Å². The summed E-state index contributed by atoms with van der Waals surface area (Å²) >= 11 is 0. The van der Waals surface area contributed by atoms with Crippen LogP contribution in [0, 0.1) is 17.2 Å². The van der Waals surface area contributed by atoms with Crippen molar-refractivity contribution >= 4 is 17.6 Å². The molecule has 0 saturated heterocycles. The van der Waals surface area contributed by atoms with E-state index in [-0.39, 0.29) is 6.54 Å². The number of nitrogens with one attached hydrogen (secondary N) is 3. The van der Waals surface area contributed by atoms with Gasteiger partial charge in [0.25, 0.3) is 0 Å². The van der Waals surface area contributed by atoms with E-state index in [1.165, 1.54) is 0 Å². The number of anilines is 1. The number of hydrogen-bond acceptors (Lipinski definition) is 4. The Hall–Kier alpha value is -2.55. The predicted molar refractivity (Wildman–Crippen MR) is 76.0 cm³/mol. The third kappa shape index (κ3) is 5.87. The van der Waals surface area contributed by atoms with Gasteiger partial charge in [0.2, 0.25) is 5.91 Å². The van der Waals surface area contributed by atoms with E-state index in [9.17, 15) is 9.59 Å². The molecule has 0 aliphatic rings. The molecule has 0 bridgehead atoms. The number of carbonyl (C=O) groups excluding carboxylic acids is 2. The first-order chi connectivity index (χ1) is 9.51. The SMILES string of the molecule is CC(C)CNC(=O)NC(=O)CNc1cccc(C#N)c1. The topological polar surface area (TPSA) is 94.0 Å². The lowest BCUT2D eigenvalue weighted by atomic mass is 10.2. The van der Waals surface area contributed by atoms with Gasteiger partial charge in [-0.15, -0.1) is 0 Å². The lowest BCUT2D eigenvalue weighted by Crippen LogP contribution is -2.43. The summed E-state index contributed by atoms with van der Waals surface area (Å²) in [5.74, 6) is -0.115. The van der Waals surface area contributed by atoms with Gasteiger partial charge in [0.15, 0.2) is 0 Å². The van der Waals surface area contributed by atoms with Gasteiger partial charge in [0, 0.05) is 12.2 Å². The Kier molecular flexibility index (Phi) is 6.04. The van der Waals surface area contributed by atoms with E-state index in [1.807, 2.05) is 19.9 Å². The molecule has 106 valence electrons. The number of nitriles is 1. The Morgan fingerprint density at radius 2 is 2.10 bits per heavy atom. The van der Waals surface area contributed by atoms with E-state index in [2.05, 4.69) is 16.0 Å². The lowest BCUT2D eigenvalue weighted by Gasteiger charge is -2.09. The molecule has 0 spiro atoms. The smallest absolute Gasteiger partial charge is 0.321 e. The first-order valence-corrected chi connectivity index (χ1v) is 6.33. The molecule has 3 N–H and O–H groups in total. The van der Waals surface area contributed by atoms with Crippen molar-refractivity contribution in [2.75, 3.05) is 18.4 Å². The maximum absolute atomic E-state index is 11.5. The van der Waals surface area contributed by atoms with Gasteiger partial charge in [0.05, 0.1) is 18.2 Å². The molecule has 6 heteroatoms. The maximum atomic E-state index is 11.5. The van der Waals surface area contributed by atoms with Gasteiger partial charge in [-0.25, -0.2) is 4.79 Å². The van der Waals surface area contributed by atoms with Crippen molar-refractivity contribution < 1.29 is 9.59 Å². The minimum Gasteiger partial charge on any atom is -0.376 e. The van der Waals surface area contributed by atoms with Crippen molar-refractivity contribution in [3.8, 4) is 6.07 Å². The molecule has 20 heavy (non-hydrogen) atoms. The van der Waals surface area contributed by atoms with Crippen molar-refractivity contribution in [1.29, 1.82) is 5.26 Å². The van der Waals surface area contributed by atoms with Crippen molar-refractivity contribution in [2.24, 2.45) is 5.92 Å². The highest BCUT2D eigenvalue weighted by molar-refractivity contribution is 5.96. The monoisotopic (exact) mass is 274 g/mol. The summed E-state index contributed by atoms with van der Waals surface area (Å²) in [5, 5.41) is 16.4. The molecule has 0 unspecified atom stereocenters. The molecule has 0 aromatic heterocycles. The first kappa shape index (κ1) is 15.5. The van der Waals surface area contributed by atoms with Crippen LogP contribution in [0.25, 0.3) is 0 Å². The highest BCUT2D eigenvalue weighted by atomic mass is 16.2. The molecule has 0 atom stereocenters. The standard InChI is InChI=1S/C14H18N4O2/c1-10(2)8-17-14(20)18-13(19)9-16-12-5-3-4-11(6-12)7-15/h3-6,10,16H,8-9H2,1-2H3,(H2,17,18,19,20). The summed E-state index contributed by atoms with van der Waals surface area (Å²) in [6.45, 7) is 4.40. The lowest BCUT2D eigenvalue weighted by molar-refractivity contribution is -0.118. The van der Waals surface area contributed by atoms with Crippen LogP contribution in [-0.2, 0) is 4.79 Å². The number of hydrogen-bond donors (Lipinski definition) is 3. The van der Waals surface area contributed by atoms with Gasteiger partial charge < -0.3 is 10.6 Å². The van der Waals surface area contributed by atoms with E-state index < -0.39 is 11.9 Å². The summed E-state index contributed by atoms with van der Waals surface area (Å²) < 4.78 is 0. The van der Waals surface area contributed by atoms with E-state index in [4.69, 9.17) is 5.26 Å². The van der Waals surface area contributed by atoms with Crippen molar-refractivity contribution in [3.05, 3.63) is 29.8 Å². The van der Waals surface area contributed by atoms with Crippen molar-refractivity contribution in [3.63, 3.8) is 0 Å². The fourth-order valence-corrected chi connectivity index (χ4v) is 1.39. The fraction of sp³-hybridized carbons (Fsp3) is 0.357. The number of carbonyl (C=O) groups is 2. The van der Waals surface area contributed by atoms with Crippen LogP contribution in [-0.4, -0.2) is 25.0 Å². The highest BCUT2D eigenvalue weighted by Crippen LogP contribution is 2.08.